The molecule has 2 atom stereocenters. The predicted octanol–water partition coefficient (Wildman–Crippen LogP) is 3.55. The molecule has 1 aromatic rings. The molecule has 1 aliphatic heterocycles. The van der Waals surface area contributed by atoms with Gasteiger partial charge in [-0.1, -0.05) is 44.0 Å². The van der Waals surface area contributed by atoms with E-state index in [1.807, 2.05) is 12.1 Å². The highest BCUT2D eigenvalue weighted by molar-refractivity contribution is 6.30. The smallest absolute Gasteiger partial charge is 0.0409 e. The fourth-order valence-electron chi connectivity index (χ4n) is 2.73. The van der Waals surface area contributed by atoms with Gasteiger partial charge in [0.05, 0.1) is 0 Å². The largest absolute Gasteiger partial charge is 0.312 e. The van der Waals surface area contributed by atoms with Crippen molar-refractivity contribution >= 4 is 11.6 Å². The third-order valence-corrected chi connectivity index (χ3v) is 4.37. The van der Waals surface area contributed by atoms with Crippen LogP contribution in [0.4, 0.5) is 0 Å². The van der Waals surface area contributed by atoms with E-state index >= 15 is 0 Å². The molecule has 1 N–H and O–H groups in total. The highest BCUT2D eigenvalue weighted by atomic mass is 35.5. The Hall–Kier alpha value is -0.570. The molecule has 2 nitrogen and oxygen atoms in total. The summed E-state index contributed by atoms with van der Waals surface area (Å²) in [6.07, 6.45) is 2.47. The predicted molar refractivity (Wildman–Crippen MR) is 82.6 cm³/mol. The van der Waals surface area contributed by atoms with Crippen LogP contribution in [0.1, 0.15) is 32.3 Å². The average molecular weight is 281 g/mol. The molecule has 2 rings (SSSR count). The molecule has 2 unspecified atom stereocenters. The molecule has 0 amide bonds. The topological polar surface area (TPSA) is 15.3 Å². The van der Waals surface area contributed by atoms with Gasteiger partial charge in [0, 0.05) is 24.2 Å². The van der Waals surface area contributed by atoms with Gasteiger partial charge in [-0.3, -0.25) is 4.90 Å². The summed E-state index contributed by atoms with van der Waals surface area (Å²) >= 11 is 6.07. The van der Waals surface area contributed by atoms with E-state index in [1.165, 1.54) is 24.9 Å². The van der Waals surface area contributed by atoms with Crippen molar-refractivity contribution in [1.29, 1.82) is 0 Å². The molecule has 0 spiro atoms. The molecule has 1 aromatic carbocycles. The second kappa shape index (κ2) is 7.28. The van der Waals surface area contributed by atoms with E-state index in [1.54, 1.807) is 0 Å². The fourth-order valence-corrected chi connectivity index (χ4v) is 2.94. The molecule has 0 aliphatic carbocycles. The lowest BCUT2D eigenvalue weighted by molar-refractivity contribution is 0.231. The molecule has 3 heteroatoms. The van der Waals surface area contributed by atoms with Crippen LogP contribution in [0.3, 0.4) is 0 Å². The van der Waals surface area contributed by atoms with E-state index < -0.39 is 0 Å². The van der Waals surface area contributed by atoms with Crippen molar-refractivity contribution in [1.82, 2.24) is 10.2 Å². The first-order chi connectivity index (χ1) is 9.19. The molecular formula is C16H25ClN2. The van der Waals surface area contributed by atoms with E-state index in [0.29, 0.717) is 6.04 Å². The molecule has 0 bridgehead atoms. The summed E-state index contributed by atoms with van der Waals surface area (Å²) in [6.45, 7) is 9.09. The number of rotatable bonds is 4. The first-order valence-electron chi connectivity index (χ1n) is 7.39. The quantitative estimate of drug-likeness (QED) is 0.907. The Morgan fingerprint density at radius 2 is 2.32 bits per heavy atom. The summed E-state index contributed by atoms with van der Waals surface area (Å²) in [5.41, 5.74) is 1.32. The van der Waals surface area contributed by atoms with Crippen molar-refractivity contribution in [3.8, 4) is 0 Å². The molecule has 1 aliphatic rings. The summed E-state index contributed by atoms with van der Waals surface area (Å²) in [4.78, 5) is 2.56. The lowest BCUT2D eigenvalue weighted by atomic mass is 9.99. The Morgan fingerprint density at radius 1 is 1.47 bits per heavy atom. The second-order valence-corrected chi connectivity index (χ2v) is 6.10. The number of hydrogen-bond acceptors (Lipinski definition) is 2. The molecule has 1 saturated heterocycles. The van der Waals surface area contributed by atoms with Gasteiger partial charge in [-0.25, -0.2) is 0 Å². The van der Waals surface area contributed by atoms with E-state index in [4.69, 9.17) is 11.6 Å². The first-order valence-corrected chi connectivity index (χ1v) is 7.77. The lowest BCUT2D eigenvalue weighted by Crippen LogP contribution is -2.41. The van der Waals surface area contributed by atoms with Gasteiger partial charge in [-0.2, -0.15) is 0 Å². The fraction of sp³-hybridized carbons (Fsp3) is 0.625. The summed E-state index contributed by atoms with van der Waals surface area (Å²) < 4.78 is 0. The summed E-state index contributed by atoms with van der Waals surface area (Å²) in [6, 6.07) is 8.85. The van der Waals surface area contributed by atoms with E-state index in [-0.39, 0.29) is 0 Å². The Balaban J connectivity index is 1.98. The van der Waals surface area contributed by atoms with Crippen LogP contribution in [0.15, 0.2) is 24.3 Å². The normalized spacial score (nSPS) is 23.0. The van der Waals surface area contributed by atoms with Crippen LogP contribution in [0.2, 0.25) is 5.02 Å². The van der Waals surface area contributed by atoms with Crippen LogP contribution in [0.25, 0.3) is 0 Å². The maximum Gasteiger partial charge on any atom is 0.0409 e. The zero-order valence-electron chi connectivity index (χ0n) is 12.0. The first kappa shape index (κ1) is 14.8. The molecule has 19 heavy (non-hydrogen) atoms. The van der Waals surface area contributed by atoms with E-state index in [0.717, 1.165) is 30.6 Å². The number of halogens is 1. The highest BCUT2D eigenvalue weighted by Crippen LogP contribution is 2.16. The monoisotopic (exact) mass is 280 g/mol. The van der Waals surface area contributed by atoms with Gasteiger partial charge < -0.3 is 5.32 Å². The minimum Gasteiger partial charge on any atom is -0.312 e. The standard InChI is InChI=1S/C16H25ClN2/c1-3-13(2)16-12-19(9-5-8-18-16)11-14-6-4-7-15(17)10-14/h4,6-7,10,13,16,18H,3,5,8-9,11-12H2,1-2H3. The van der Waals surface area contributed by atoms with E-state index in [9.17, 15) is 0 Å². The Labute approximate surface area is 122 Å². The molecule has 1 fully saturated rings. The Bertz CT molecular complexity index is 394. The lowest BCUT2D eigenvalue weighted by Gasteiger charge is -2.28. The van der Waals surface area contributed by atoms with Gasteiger partial charge in [-0.15, -0.1) is 0 Å². The summed E-state index contributed by atoms with van der Waals surface area (Å²) in [7, 11) is 0. The van der Waals surface area contributed by atoms with Crippen LogP contribution in [0, 0.1) is 5.92 Å². The Kier molecular flexibility index (Phi) is 5.68. The van der Waals surface area contributed by atoms with Crippen molar-refractivity contribution in [3.05, 3.63) is 34.9 Å². The van der Waals surface area contributed by atoms with Crippen molar-refractivity contribution in [2.24, 2.45) is 5.92 Å². The van der Waals surface area contributed by atoms with Gasteiger partial charge in [0.15, 0.2) is 0 Å². The summed E-state index contributed by atoms with van der Waals surface area (Å²) in [5, 5.41) is 4.53. The molecule has 0 aromatic heterocycles. The zero-order chi connectivity index (χ0) is 13.7. The van der Waals surface area contributed by atoms with Crippen molar-refractivity contribution in [2.75, 3.05) is 19.6 Å². The van der Waals surface area contributed by atoms with Crippen LogP contribution >= 0.6 is 11.6 Å². The van der Waals surface area contributed by atoms with Crippen molar-refractivity contribution < 1.29 is 0 Å². The SMILES string of the molecule is CCC(C)C1CN(Cc2cccc(Cl)c2)CCCN1. The molecule has 0 radical (unpaired) electrons. The van der Waals surface area contributed by atoms with Crippen LogP contribution in [0.5, 0.6) is 0 Å². The number of nitrogens with zero attached hydrogens (tertiary/aromatic N) is 1. The van der Waals surface area contributed by atoms with Gasteiger partial charge in [-0.05, 0) is 43.1 Å². The average Bonchev–Trinajstić information content (AvgIpc) is 2.63. The van der Waals surface area contributed by atoms with E-state index in [2.05, 4.69) is 36.2 Å². The van der Waals surface area contributed by atoms with Gasteiger partial charge in [0.25, 0.3) is 0 Å². The van der Waals surface area contributed by atoms with Gasteiger partial charge in [0.1, 0.15) is 0 Å². The van der Waals surface area contributed by atoms with Crippen LogP contribution < -0.4 is 5.32 Å². The van der Waals surface area contributed by atoms with Gasteiger partial charge in [0.2, 0.25) is 0 Å². The highest BCUT2D eigenvalue weighted by Gasteiger charge is 2.21. The minimum absolute atomic E-state index is 0.617. The molecule has 1 heterocycles. The molecular weight excluding hydrogens is 256 g/mol. The van der Waals surface area contributed by atoms with Crippen molar-refractivity contribution in [2.45, 2.75) is 39.3 Å². The third kappa shape index (κ3) is 4.48. The maximum absolute atomic E-state index is 6.07. The third-order valence-electron chi connectivity index (χ3n) is 4.14. The molecule has 106 valence electrons. The molecule has 0 saturated carbocycles. The number of hydrogen-bond donors (Lipinski definition) is 1. The maximum atomic E-state index is 6.07. The van der Waals surface area contributed by atoms with Crippen LogP contribution in [-0.4, -0.2) is 30.6 Å². The minimum atomic E-state index is 0.617. The second-order valence-electron chi connectivity index (χ2n) is 5.66. The number of benzene rings is 1. The summed E-state index contributed by atoms with van der Waals surface area (Å²) in [5.74, 6) is 0.736. The number of nitrogens with one attached hydrogen (secondary N) is 1. The zero-order valence-corrected chi connectivity index (χ0v) is 12.8. The Morgan fingerprint density at radius 3 is 3.05 bits per heavy atom. The van der Waals surface area contributed by atoms with Crippen LogP contribution in [-0.2, 0) is 6.54 Å². The van der Waals surface area contributed by atoms with Gasteiger partial charge >= 0.3 is 0 Å². The van der Waals surface area contributed by atoms with Crippen molar-refractivity contribution in [3.63, 3.8) is 0 Å².